The first-order chi connectivity index (χ1) is 7.58. The molecular formula is C10H18N4OS. The second-order valence-corrected chi connectivity index (χ2v) is 4.85. The number of rotatable bonds is 5. The van der Waals surface area contributed by atoms with E-state index in [9.17, 15) is 4.79 Å². The van der Waals surface area contributed by atoms with Crippen molar-refractivity contribution >= 4 is 17.2 Å². The van der Waals surface area contributed by atoms with E-state index in [-0.39, 0.29) is 5.91 Å². The molecule has 0 fully saturated rings. The predicted molar refractivity (Wildman–Crippen MR) is 65.4 cm³/mol. The summed E-state index contributed by atoms with van der Waals surface area (Å²) in [6.45, 7) is 2.92. The number of thiazole rings is 1. The van der Waals surface area contributed by atoms with Gasteiger partial charge in [-0.2, -0.15) is 0 Å². The highest BCUT2D eigenvalue weighted by atomic mass is 32.1. The molecular weight excluding hydrogens is 224 g/mol. The lowest BCUT2D eigenvalue weighted by Crippen LogP contribution is -2.30. The minimum absolute atomic E-state index is 0.245. The number of carbonyl (C=O) groups excluding carboxylic acids is 1. The van der Waals surface area contributed by atoms with Crippen molar-refractivity contribution in [3.05, 3.63) is 15.6 Å². The van der Waals surface area contributed by atoms with Crippen LogP contribution in [0.1, 0.15) is 27.3 Å². The molecule has 0 unspecified atom stereocenters. The molecule has 0 spiro atoms. The summed E-state index contributed by atoms with van der Waals surface area (Å²) >= 11 is 1.43. The van der Waals surface area contributed by atoms with Crippen molar-refractivity contribution < 1.29 is 4.79 Å². The number of hydrogen-bond acceptors (Lipinski definition) is 5. The van der Waals surface area contributed by atoms with Gasteiger partial charge in [0.1, 0.15) is 4.88 Å². The van der Waals surface area contributed by atoms with Gasteiger partial charge in [0.2, 0.25) is 0 Å². The van der Waals surface area contributed by atoms with E-state index in [1.54, 1.807) is 0 Å². The monoisotopic (exact) mass is 242 g/mol. The molecule has 0 bridgehead atoms. The summed E-state index contributed by atoms with van der Waals surface area (Å²) in [5.74, 6) is 4.89. The zero-order valence-electron chi connectivity index (χ0n) is 9.91. The van der Waals surface area contributed by atoms with Gasteiger partial charge < -0.3 is 4.90 Å². The van der Waals surface area contributed by atoms with Crippen LogP contribution in [-0.4, -0.2) is 36.4 Å². The molecule has 1 amide bonds. The molecule has 5 nitrogen and oxygen atoms in total. The highest BCUT2D eigenvalue weighted by Gasteiger charge is 2.15. The van der Waals surface area contributed by atoms with Crippen LogP contribution in [0.15, 0.2) is 0 Å². The van der Waals surface area contributed by atoms with Crippen molar-refractivity contribution in [2.75, 3.05) is 20.6 Å². The van der Waals surface area contributed by atoms with E-state index < -0.39 is 0 Å². The van der Waals surface area contributed by atoms with E-state index in [2.05, 4.69) is 15.3 Å². The van der Waals surface area contributed by atoms with Gasteiger partial charge in [-0.25, -0.2) is 10.8 Å². The molecule has 90 valence electrons. The van der Waals surface area contributed by atoms with Gasteiger partial charge in [0.05, 0.1) is 10.7 Å². The number of nitrogen functional groups attached to an aromatic ring is 1. The minimum atomic E-state index is -0.245. The molecule has 0 aliphatic rings. The Kier molecular flexibility index (Phi) is 4.85. The third kappa shape index (κ3) is 3.26. The molecule has 1 rings (SSSR count). The van der Waals surface area contributed by atoms with E-state index >= 15 is 0 Å². The molecule has 1 aromatic heterocycles. The lowest BCUT2D eigenvalue weighted by atomic mass is 10.3. The number of hydrazine groups is 1. The van der Waals surface area contributed by atoms with Crippen molar-refractivity contribution in [3.8, 4) is 0 Å². The fraction of sp³-hybridized carbons (Fsp3) is 0.600. The van der Waals surface area contributed by atoms with E-state index in [1.807, 2.05) is 21.0 Å². The molecule has 16 heavy (non-hydrogen) atoms. The Hall–Kier alpha value is -0.980. The summed E-state index contributed by atoms with van der Waals surface area (Å²) < 4.78 is 0. The molecule has 0 aromatic carbocycles. The molecule has 6 heteroatoms. The van der Waals surface area contributed by atoms with Crippen LogP contribution in [0.25, 0.3) is 0 Å². The number of aromatic nitrogens is 1. The largest absolute Gasteiger partial charge is 0.309 e. The topological polar surface area (TPSA) is 71.2 Å². The maximum atomic E-state index is 11.5. The third-order valence-electron chi connectivity index (χ3n) is 2.19. The zero-order chi connectivity index (χ0) is 12.1. The molecule has 1 aromatic rings. The molecule has 3 N–H and O–H groups in total. The normalized spacial score (nSPS) is 10.8. The summed E-state index contributed by atoms with van der Waals surface area (Å²) in [6, 6.07) is 0. The van der Waals surface area contributed by atoms with Gasteiger partial charge in [0.25, 0.3) is 5.91 Å². The summed E-state index contributed by atoms with van der Waals surface area (Å²) in [5.41, 5.74) is 2.99. The fourth-order valence-corrected chi connectivity index (χ4v) is 2.35. The number of amides is 1. The van der Waals surface area contributed by atoms with E-state index in [4.69, 9.17) is 5.84 Å². The maximum Gasteiger partial charge on any atom is 0.277 e. The first kappa shape index (κ1) is 13.1. The first-order valence-electron chi connectivity index (χ1n) is 5.22. The second-order valence-electron chi connectivity index (χ2n) is 3.76. The fourth-order valence-electron chi connectivity index (χ4n) is 1.31. The van der Waals surface area contributed by atoms with Crippen molar-refractivity contribution in [1.82, 2.24) is 15.3 Å². The van der Waals surface area contributed by atoms with Crippen LogP contribution < -0.4 is 11.3 Å². The smallest absolute Gasteiger partial charge is 0.277 e. The van der Waals surface area contributed by atoms with Gasteiger partial charge >= 0.3 is 0 Å². The van der Waals surface area contributed by atoms with Crippen LogP contribution in [0.3, 0.4) is 0 Å². The standard InChI is InChI=1S/C10H18N4OS/c1-4-7-9(10(15)13-11)16-8(12-7)5-6-14(2)3/h4-6,11H2,1-3H3,(H,13,15). The lowest BCUT2D eigenvalue weighted by Gasteiger charge is -2.06. The molecule has 0 saturated heterocycles. The van der Waals surface area contributed by atoms with E-state index in [1.165, 1.54) is 11.3 Å². The van der Waals surface area contributed by atoms with Crippen LogP contribution in [0.2, 0.25) is 0 Å². The Morgan fingerprint density at radius 3 is 2.75 bits per heavy atom. The van der Waals surface area contributed by atoms with Crippen molar-refractivity contribution in [3.63, 3.8) is 0 Å². The Balaban J connectivity index is 2.81. The Labute approximate surface area is 99.6 Å². The van der Waals surface area contributed by atoms with Gasteiger partial charge in [0.15, 0.2) is 0 Å². The molecule has 0 radical (unpaired) electrons. The van der Waals surface area contributed by atoms with Gasteiger partial charge in [-0.15, -0.1) is 11.3 Å². The van der Waals surface area contributed by atoms with Crippen LogP contribution >= 0.6 is 11.3 Å². The Bertz CT molecular complexity index is 362. The van der Waals surface area contributed by atoms with Gasteiger partial charge in [-0.1, -0.05) is 6.92 Å². The quantitative estimate of drug-likeness (QED) is 0.446. The number of nitrogens with two attached hydrogens (primary N) is 1. The molecule has 0 saturated carbocycles. The summed E-state index contributed by atoms with van der Waals surface area (Å²) in [7, 11) is 4.03. The molecule has 0 atom stereocenters. The van der Waals surface area contributed by atoms with E-state index in [0.717, 1.165) is 30.1 Å². The predicted octanol–water partition coefficient (Wildman–Crippen LogP) is 0.413. The number of nitrogens with one attached hydrogen (secondary N) is 1. The highest BCUT2D eigenvalue weighted by Crippen LogP contribution is 2.19. The van der Waals surface area contributed by atoms with Crippen LogP contribution in [0, 0.1) is 0 Å². The van der Waals surface area contributed by atoms with Crippen molar-refractivity contribution in [2.45, 2.75) is 19.8 Å². The first-order valence-corrected chi connectivity index (χ1v) is 6.04. The maximum absolute atomic E-state index is 11.5. The van der Waals surface area contributed by atoms with Crippen LogP contribution in [0.4, 0.5) is 0 Å². The van der Waals surface area contributed by atoms with Crippen molar-refractivity contribution in [2.24, 2.45) is 5.84 Å². The Morgan fingerprint density at radius 2 is 2.25 bits per heavy atom. The van der Waals surface area contributed by atoms with E-state index in [0.29, 0.717) is 4.88 Å². The molecule has 0 aliphatic heterocycles. The zero-order valence-corrected chi connectivity index (χ0v) is 10.7. The summed E-state index contributed by atoms with van der Waals surface area (Å²) in [6.07, 6.45) is 1.61. The number of nitrogens with zero attached hydrogens (tertiary/aromatic N) is 2. The van der Waals surface area contributed by atoms with Gasteiger partial charge in [-0.05, 0) is 20.5 Å². The van der Waals surface area contributed by atoms with Crippen molar-refractivity contribution in [1.29, 1.82) is 0 Å². The third-order valence-corrected chi connectivity index (χ3v) is 3.34. The number of aryl methyl sites for hydroxylation is 1. The van der Waals surface area contributed by atoms with Crippen LogP contribution in [-0.2, 0) is 12.8 Å². The molecule has 0 aliphatic carbocycles. The van der Waals surface area contributed by atoms with Gasteiger partial charge in [-0.3, -0.25) is 10.2 Å². The SMILES string of the molecule is CCc1nc(CCN(C)C)sc1C(=O)NN. The second kappa shape index (κ2) is 5.93. The lowest BCUT2D eigenvalue weighted by molar-refractivity contribution is 0.0956. The number of likely N-dealkylation sites (N-methyl/N-ethyl adjacent to an activating group) is 1. The number of carbonyl (C=O) groups is 1. The van der Waals surface area contributed by atoms with Gasteiger partial charge in [0, 0.05) is 13.0 Å². The summed E-state index contributed by atoms with van der Waals surface area (Å²) in [5, 5.41) is 0.990. The average molecular weight is 242 g/mol. The van der Waals surface area contributed by atoms with Crippen LogP contribution in [0.5, 0.6) is 0 Å². The average Bonchev–Trinajstić information content (AvgIpc) is 2.68. The summed E-state index contributed by atoms with van der Waals surface area (Å²) in [4.78, 5) is 18.6. The Morgan fingerprint density at radius 1 is 1.56 bits per heavy atom. The molecule has 1 heterocycles. The minimum Gasteiger partial charge on any atom is -0.309 e. The highest BCUT2D eigenvalue weighted by molar-refractivity contribution is 7.13. The number of hydrogen-bond donors (Lipinski definition) is 2.